The molecule has 5 heteroatoms. The maximum atomic E-state index is 12.5. The van der Waals surface area contributed by atoms with E-state index in [0.717, 1.165) is 0 Å². The van der Waals surface area contributed by atoms with Gasteiger partial charge in [-0.25, -0.2) is 0 Å². The van der Waals surface area contributed by atoms with Crippen LogP contribution in [0.1, 0.15) is 22.8 Å². The maximum absolute atomic E-state index is 12.5. The smallest absolute Gasteiger partial charge is 0.255 e. The Labute approximate surface area is 112 Å². The van der Waals surface area contributed by atoms with E-state index in [1.807, 2.05) is 11.8 Å². The number of nitrogens with two attached hydrogens (primary N) is 1. The molecule has 0 radical (unpaired) electrons. The summed E-state index contributed by atoms with van der Waals surface area (Å²) >= 11 is 0. The number of pyridine rings is 1. The highest BCUT2D eigenvalue weighted by Crippen LogP contribution is 2.14. The van der Waals surface area contributed by atoms with Crippen LogP contribution >= 0.6 is 0 Å². The van der Waals surface area contributed by atoms with Crippen molar-refractivity contribution in [3.05, 3.63) is 29.6 Å². The molecule has 1 saturated heterocycles. The molecule has 100 valence electrons. The third-order valence-corrected chi connectivity index (χ3v) is 3.01. The summed E-state index contributed by atoms with van der Waals surface area (Å²) in [5.41, 5.74) is 6.56. The van der Waals surface area contributed by atoms with Gasteiger partial charge in [0.05, 0.1) is 36.9 Å². The molecule has 5 nitrogen and oxygen atoms in total. The van der Waals surface area contributed by atoms with Crippen molar-refractivity contribution in [3.63, 3.8) is 0 Å². The molecule has 1 fully saturated rings. The number of hydrogen-bond acceptors (Lipinski definition) is 4. The molecular weight excluding hydrogens is 242 g/mol. The van der Waals surface area contributed by atoms with Crippen LogP contribution in [0, 0.1) is 11.8 Å². The average Bonchev–Trinajstić information content (AvgIpc) is 2.45. The second-order valence-corrected chi connectivity index (χ2v) is 4.35. The number of carbonyl (C=O) groups excluding carboxylic acids is 1. The molecule has 2 N–H and O–H groups in total. The number of amides is 1. The fraction of sp³-hybridized carbons (Fsp3) is 0.429. The number of morpholine rings is 1. The zero-order valence-electron chi connectivity index (χ0n) is 10.9. The lowest BCUT2D eigenvalue weighted by Gasteiger charge is -2.33. The predicted molar refractivity (Wildman–Crippen MR) is 71.5 cm³/mol. The van der Waals surface area contributed by atoms with Crippen molar-refractivity contribution in [3.8, 4) is 11.8 Å². The van der Waals surface area contributed by atoms with Gasteiger partial charge in [0.2, 0.25) is 0 Å². The highest BCUT2D eigenvalue weighted by Gasteiger charge is 2.25. The van der Waals surface area contributed by atoms with Gasteiger partial charge in [-0.15, -0.1) is 0 Å². The molecule has 1 amide bonds. The average molecular weight is 259 g/mol. The Morgan fingerprint density at radius 2 is 2.53 bits per heavy atom. The van der Waals surface area contributed by atoms with Gasteiger partial charge in [-0.2, -0.15) is 0 Å². The van der Waals surface area contributed by atoms with Gasteiger partial charge >= 0.3 is 0 Å². The van der Waals surface area contributed by atoms with E-state index in [-0.39, 0.29) is 18.5 Å². The number of carbonyl (C=O) groups is 1. The predicted octanol–water partition coefficient (Wildman–Crippen LogP) is 0.253. The third kappa shape index (κ3) is 3.11. The van der Waals surface area contributed by atoms with Crippen molar-refractivity contribution in [2.75, 3.05) is 26.3 Å². The zero-order valence-corrected chi connectivity index (χ0v) is 10.9. The molecule has 1 aliphatic heterocycles. The fourth-order valence-electron chi connectivity index (χ4n) is 2.01. The molecule has 0 bridgehead atoms. The summed E-state index contributed by atoms with van der Waals surface area (Å²) in [5.74, 6) is 5.62. The van der Waals surface area contributed by atoms with Crippen molar-refractivity contribution in [2.45, 2.75) is 13.0 Å². The van der Waals surface area contributed by atoms with E-state index in [2.05, 4.69) is 16.8 Å². The van der Waals surface area contributed by atoms with Crippen LogP contribution in [0.25, 0.3) is 0 Å². The van der Waals surface area contributed by atoms with Crippen LogP contribution in [0.3, 0.4) is 0 Å². The Morgan fingerprint density at radius 3 is 3.26 bits per heavy atom. The van der Waals surface area contributed by atoms with E-state index in [0.29, 0.717) is 30.9 Å². The summed E-state index contributed by atoms with van der Waals surface area (Å²) in [6.07, 6.45) is 3.20. The van der Waals surface area contributed by atoms with Crippen molar-refractivity contribution in [2.24, 2.45) is 5.73 Å². The minimum Gasteiger partial charge on any atom is -0.377 e. The number of ether oxygens (including phenoxy) is 1. The second-order valence-electron chi connectivity index (χ2n) is 4.35. The topological polar surface area (TPSA) is 68.5 Å². The molecule has 1 aromatic heterocycles. The lowest BCUT2D eigenvalue weighted by atomic mass is 10.1. The maximum Gasteiger partial charge on any atom is 0.255 e. The van der Waals surface area contributed by atoms with Crippen LogP contribution in [0.5, 0.6) is 0 Å². The van der Waals surface area contributed by atoms with E-state index >= 15 is 0 Å². The quantitative estimate of drug-likeness (QED) is 0.734. The van der Waals surface area contributed by atoms with Crippen molar-refractivity contribution in [1.82, 2.24) is 9.88 Å². The minimum atomic E-state index is -0.0282. The summed E-state index contributed by atoms with van der Waals surface area (Å²) in [4.78, 5) is 18.4. The van der Waals surface area contributed by atoms with Gasteiger partial charge in [0.1, 0.15) is 0 Å². The van der Waals surface area contributed by atoms with Gasteiger partial charge in [0.25, 0.3) is 5.91 Å². The molecule has 1 aromatic rings. The molecule has 0 aromatic carbocycles. The Hall–Kier alpha value is -1.90. The van der Waals surface area contributed by atoms with E-state index in [9.17, 15) is 4.79 Å². The van der Waals surface area contributed by atoms with Gasteiger partial charge in [-0.1, -0.05) is 11.8 Å². The summed E-state index contributed by atoms with van der Waals surface area (Å²) in [7, 11) is 0. The van der Waals surface area contributed by atoms with Crippen molar-refractivity contribution < 1.29 is 9.53 Å². The summed E-state index contributed by atoms with van der Waals surface area (Å²) in [6.45, 7) is 3.98. The molecule has 0 saturated carbocycles. The summed E-state index contributed by atoms with van der Waals surface area (Å²) in [5, 5.41) is 0. The molecule has 0 aliphatic carbocycles. The zero-order chi connectivity index (χ0) is 13.7. The largest absolute Gasteiger partial charge is 0.377 e. The van der Waals surface area contributed by atoms with E-state index in [4.69, 9.17) is 10.5 Å². The molecular formula is C14H17N3O2. The lowest BCUT2D eigenvalue weighted by molar-refractivity contribution is 0.00357. The van der Waals surface area contributed by atoms with Crippen LogP contribution < -0.4 is 5.73 Å². The highest BCUT2D eigenvalue weighted by molar-refractivity contribution is 5.96. The standard InChI is InChI=1S/C14H17N3O2/c1-11-10-19-8-7-17(11)14(18)13-4-6-16-9-12(13)3-2-5-15/h4,6,9,11H,5,7-8,10,15H2,1H3. The number of rotatable bonds is 1. The van der Waals surface area contributed by atoms with Gasteiger partial charge in [-0.05, 0) is 13.0 Å². The van der Waals surface area contributed by atoms with Gasteiger partial charge < -0.3 is 15.4 Å². The normalized spacial score (nSPS) is 18.6. The Bertz CT molecular complexity index is 519. The monoisotopic (exact) mass is 259 g/mol. The molecule has 1 unspecified atom stereocenters. The number of nitrogens with zero attached hydrogens (tertiary/aromatic N) is 2. The summed E-state index contributed by atoms with van der Waals surface area (Å²) < 4.78 is 5.34. The molecule has 19 heavy (non-hydrogen) atoms. The Balaban J connectivity index is 2.27. The second kappa shape index (κ2) is 6.32. The molecule has 2 rings (SSSR count). The van der Waals surface area contributed by atoms with Crippen molar-refractivity contribution in [1.29, 1.82) is 0 Å². The van der Waals surface area contributed by atoms with Crippen LogP contribution in [-0.2, 0) is 4.74 Å². The number of hydrogen-bond donors (Lipinski definition) is 1. The first-order chi connectivity index (χ1) is 9.24. The van der Waals surface area contributed by atoms with Gasteiger partial charge in [0.15, 0.2) is 0 Å². The van der Waals surface area contributed by atoms with Crippen LogP contribution in [-0.4, -0.2) is 48.1 Å². The first-order valence-corrected chi connectivity index (χ1v) is 6.25. The van der Waals surface area contributed by atoms with E-state index in [1.54, 1.807) is 18.5 Å². The van der Waals surface area contributed by atoms with Gasteiger partial charge in [0, 0.05) is 18.9 Å². The minimum absolute atomic E-state index is 0.0282. The lowest BCUT2D eigenvalue weighted by Crippen LogP contribution is -2.47. The fourth-order valence-corrected chi connectivity index (χ4v) is 2.01. The summed E-state index contributed by atoms with van der Waals surface area (Å²) in [6, 6.07) is 1.77. The Morgan fingerprint density at radius 1 is 1.68 bits per heavy atom. The first kappa shape index (κ1) is 13.5. The first-order valence-electron chi connectivity index (χ1n) is 6.25. The Kier molecular flexibility index (Phi) is 4.50. The van der Waals surface area contributed by atoms with E-state index < -0.39 is 0 Å². The third-order valence-electron chi connectivity index (χ3n) is 3.01. The van der Waals surface area contributed by atoms with Crippen molar-refractivity contribution >= 4 is 5.91 Å². The van der Waals surface area contributed by atoms with Crippen LogP contribution in [0.15, 0.2) is 18.5 Å². The van der Waals surface area contributed by atoms with Crippen LogP contribution in [0.2, 0.25) is 0 Å². The molecule has 0 spiro atoms. The molecule has 1 aliphatic rings. The molecule has 2 heterocycles. The number of aromatic nitrogens is 1. The molecule has 1 atom stereocenters. The van der Waals surface area contributed by atoms with Gasteiger partial charge in [-0.3, -0.25) is 9.78 Å². The SMILES string of the molecule is CC1COCCN1C(=O)c1ccncc1C#CCN. The highest BCUT2D eigenvalue weighted by atomic mass is 16.5. The van der Waals surface area contributed by atoms with E-state index in [1.165, 1.54) is 0 Å². The van der Waals surface area contributed by atoms with Crippen LogP contribution in [0.4, 0.5) is 0 Å².